The van der Waals surface area contributed by atoms with Crippen LogP contribution in [-0.2, 0) is 9.59 Å². The van der Waals surface area contributed by atoms with E-state index < -0.39 is 24.3 Å². The van der Waals surface area contributed by atoms with E-state index in [1.807, 2.05) is 0 Å². The zero-order valence-corrected chi connectivity index (χ0v) is 15.4. The van der Waals surface area contributed by atoms with Crippen LogP contribution in [-0.4, -0.2) is 43.3 Å². The maximum atomic E-state index is 12.5. The summed E-state index contributed by atoms with van der Waals surface area (Å²) in [6.45, 7) is -0.488. The molecule has 9 heteroatoms. The normalized spacial score (nSPS) is 12.2. The summed E-state index contributed by atoms with van der Waals surface area (Å²) < 4.78 is 15.6. The first-order chi connectivity index (χ1) is 14.0. The lowest BCUT2D eigenvalue weighted by molar-refractivity contribution is -0.137. The van der Waals surface area contributed by atoms with Crippen molar-refractivity contribution >= 4 is 23.9 Å². The summed E-state index contributed by atoms with van der Waals surface area (Å²) in [6, 6.07) is 11.3. The Balaban J connectivity index is 1.84. The summed E-state index contributed by atoms with van der Waals surface area (Å²) in [5.41, 5.74) is 0.740. The Morgan fingerprint density at radius 1 is 1.10 bits per heavy atom. The molecule has 3 N–H and O–H groups in total. The Morgan fingerprint density at radius 3 is 2.52 bits per heavy atom. The van der Waals surface area contributed by atoms with Crippen LogP contribution >= 0.6 is 0 Å². The molecule has 1 aliphatic heterocycles. The summed E-state index contributed by atoms with van der Waals surface area (Å²) in [6.07, 6.45) is 1.42. The molecule has 0 unspecified atom stereocenters. The molecule has 29 heavy (non-hydrogen) atoms. The first-order valence-corrected chi connectivity index (χ1v) is 8.53. The molecule has 0 saturated carbocycles. The van der Waals surface area contributed by atoms with Gasteiger partial charge in [0.15, 0.2) is 11.5 Å². The highest BCUT2D eigenvalue weighted by Crippen LogP contribution is 2.33. The van der Waals surface area contributed by atoms with Crippen LogP contribution in [0.3, 0.4) is 0 Å². The second kappa shape index (κ2) is 8.79. The highest BCUT2D eigenvalue weighted by Gasteiger charge is 2.17. The number of carbonyl (C=O) groups excluding carboxylic acids is 2. The molecule has 0 radical (unpaired) electrons. The van der Waals surface area contributed by atoms with Gasteiger partial charge in [-0.2, -0.15) is 0 Å². The van der Waals surface area contributed by atoms with Crippen molar-refractivity contribution in [3.05, 3.63) is 59.3 Å². The molecule has 3 rings (SSSR count). The Morgan fingerprint density at radius 2 is 1.83 bits per heavy atom. The standard InChI is InChI=1S/C20H18N2O7/c1-27-14-5-3-13(4-6-14)19(25)22-15(20(26)21-10-18(23)24)8-12-2-7-16-17(9-12)29-11-28-16/h2-9H,10-11H2,1H3,(H,21,26)(H,22,25)(H,23,24). The monoisotopic (exact) mass is 398 g/mol. The van der Waals surface area contributed by atoms with Crippen molar-refractivity contribution < 1.29 is 33.7 Å². The molecule has 150 valence electrons. The minimum absolute atomic E-state index is 0.0999. The number of fused-ring (bicyclic) bond motifs is 1. The zero-order valence-electron chi connectivity index (χ0n) is 15.4. The molecule has 0 spiro atoms. The van der Waals surface area contributed by atoms with Crippen molar-refractivity contribution in [2.75, 3.05) is 20.4 Å². The van der Waals surface area contributed by atoms with Gasteiger partial charge < -0.3 is 30.0 Å². The third-order valence-electron chi connectivity index (χ3n) is 3.95. The van der Waals surface area contributed by atoms with Crippen LogP contribution in [0.5, 0.6) is 17.2 Å². The van der Waals surface area contributed by atoms with Gasteiger partial charge in [-0.05, 0) is 48.0 Å². The van der Waals surface area contributed by atoms with E-state index in [9.17, 15) is 14.4 Å². The van der Waals surface area contributed by atoms with Crippen molar-refractivity contribution in [1.29, 1.82) is 0 Å². The van der Waals surface area contributed by atoms with Crippen LogP contribution in [0.4, 0.5) is 0 Å². The average molecular weight is 398 g/mol. The molecule has 1 aliphatic rings. The smallest absolute Gasteiger partial charge is 0.322 e. The maximum Gasteiger partial charge on any atom is 0.322 e. The molecule has 2 amide bonds. The van der Waals surface area contributed by atoms with Gasteiger partial charge in [0.1, 0.15) is 18.0 Å². The van der Waals surface area contributed by atoms with Crippen LogP contribution in [0.1, 0.15) is 15.9 Å². The summed E-state index contributed by atoms with van der Waals surface area (Å²) in [5, 5.41) is 13.5. The Kier molecular flexibility index (Phi) is 5.98. The first-order valence-electron chi connectivity index (χ1n) is 8.53. The first kappa shape index (κ1) is 19.7. The maximum absolute atomic E-state index is 12.5. The molecule has 0 bridgehead atoms. The predicted molar refractivity (Wildman–Crippen MR) is 102 cm³/mol. The molecule has 2 aromatic carbocycles. The number of hydrogen-bond acceptors (Lipinski definition) is 6. The second-order valence-electron chi connectivity index (χ2n) is 5.93. The Labute approximate surface area is 165 Å². The molecule has 2 aromatic rings. The van der Waals surface area contributed by atoms with Crippen molar-refractivity contribution in [2.45, 2.75) is 0 Å². The van der Waals surface area contributed by atoms with Gasteiger partial charge in [-0.3, -0.25) is 14.4 Å². The molecule has 0 atom stereocenters. The Hall–Kier alpha value is -4.01. The fourth-order valence-electron chi connectivity index (χ4n) is 2.52. The van der Waals surface area contributed by atoms with Crippen molar-refractivity contribution in [3.63, 3.8) is 0 Å². The highest BCUT2D eigenvalue weighted by molar-refractivity contribution is 6.05. The number of nitrogens with one attached hydrogen (secondary N) is 2. The average Bonchev–Trinajstić information content (AvgIpc) is 3.19. The summed E-state index contributed by atoms with van der Waals surface area (Å²) >= 11 is 0. The molecule has 1 heterocycles. The number of carbonyl (C=O) groups is 3. The third-order valence-corrected chi connectivity index (χ3v) is 3.95. The van der Waals surface area contributed by atoms with E-state index in [0.29, 0.717) is 28.4 Å². The number of carboxylic acids is 1. The number of hydrogen-bond donors (Lipinski definition) is 3. The van der Waals surface area contributed by atoms with E-state index in [0.717, 1.165) is 0 Å². The van der Waals surface area contributed by atoms with Gasteiger partial charge in [0.2, 0.25) is 6.79 Å². The van der Waals surface area contributed by atoms with Crippen molar-refractivity contribution in [1.82, 2.24) is 10.6 Å². The lowest BCUT2D eigenvalue weighted by atomic mass is 10.1. The number of benzene rings is 2. The number of rotatable bonds is 7. The van der Waals surface area contributed by atoms with E-state index in [1.165, 1.54) is 13.2 Å². The number of aliphatic carboxylic acids is 1. The summed E-state index contributed by atoms with van der Waals surface area (Å²) in [7, 11) is 1.51. The number of ether oxygens (including phenoxy) is 3. The van der Waals surface area contributed by atoms with Gasteiger partial charge >= 0.3 is 5.97 Å². The van der Waals surface area contributed by atoms with Crippen molar-refractivity contribution in [2.24, 2.45) is 0 Å². The van der Waals surface area contributed by atoms with Crippen molar-refractivity contribution in [3.8, 4) is 17.2 Å². The zero-order chi connectivity index (χ0) is 20.8. The van der Waals surface area contributed by atoms with Crippen LogP contribution in [0, 0.1) is 0 Å². The van der Waals surface area contributed by atoms with E-state index >= 15 is 0 Å². The van der Waals surface area contributed by atoms with E-state index in [-0.39, 0.29) is 12.5 Å². The Bertz CT molecular complexity index is 967. The molecular weight excluding hydrogens is 380 g/mol. The lowest BCUT2D eigenvalue weighted by Gasteiger charge is -2.11. The number of carboxylic acid groups (broad SMARTS) is 1. The summed E-state index contributed by atoms with van der Waals surface area (Å²) in [5.74, 6) is -0.831. The van der Waals surface area contributed by atoms with E-state index in [2.05, 4.69) is 10.6 Å². The fraction of sp³-hybridized carbons (Fsp3) is 0.150. The van der Waals surface area contributed by atoms with Crippen LogP contribution < -0.4 is 24.8 Å². The molecule has 0 aliphatic carbocycles. The van der Waals surface area contributed by atoms with Gasteiger partial charge in [0.25, 0.3) is 11.8 Å². The van der Waals surface area contributed by atoms with Crippen LogP contribution in [0.25, 0.3) is 6.08 Å². The van der Waals surface area contributed by atoms with Gasteiger partial charge in [0, 0.05) is 5.56 Å². The van der Waals surface area contributed by atoms with E-state index in [4.69, 9.17) is 19.3 Å². The molecular formula is C20H18N2O7. The molecule has 0 saturated heterocycles. The molecule has 0 fully saturated rings. The van der Waals surface area contributed by atoms with Gasteiger partial charge in [-0.1, -0.05) is 6.07 Å². The van der Waals surface area contributed by atoms with Gasteiger partial charge in [-0.15, -0.1) is 0 Å². The van der Waals surface area contributed by atoms with Gasteiger partial charge in [-0.25, -0.2) is 0 Å². The minimum atomic E-state index is -1.21. The van der Waals surface area contributed by atoms with E-state index in [1.54, 1.807) is 42.5 Å². The lowest BCUT2D eigenvalue weighted by Crippen LogP contribution is -2.37. The third kappa shape index (κ3) is 5.04. The molecule has 0 aromatic heterocycles. The second-order valence-corrected chi connectivity index (χ2v) is 5.93. The quantitative estimate of drug-likeness (QED) is 0.602. The molecule has 9 nitrogen and oxygen atoms in total. The van der Waals surface area contributed by atoms with Gasteiger partial charge in [0.05, 0.1) is 7.11 Å². The predicted octanol–water partition coefficient (Wildman–Crippen LogP) is 1.40. The number of amides is 2. The number of methoxy groups -OCH3 is 1. The fourth-order valence-corrected chi connectivity index (χ4v) is 2.52. The van der Waals surface area contributed by atoms with Crippen LogP contribution in [0.2, 0.25) is 0 Å². The largest absolute Gasteiger partial charge is 0.497 e. The SMILES string of the molecule is COc1ccc(C(=O)NC(=Cc2ccc3c(c2)OCO3)C(=O)NCC(=O)O)cc1. The minimum Gasteiger partial charge on any atom is -0.497 e. The highest BCUT2D eigenvalue weighted by atomic mass is 16.7. The topological polar surface area (TPSA) is 123 Å². The van der Waals surface area contributed by atoms with Crippen LogP contribution in [0.15, 0.2) is 48.2 Å². The summed E-state index contributed by atoms with van der Waals surface area (Å²) in [4.78, 5) is 35.7.